The van der Waals surface area contributed by atoms with Crippen molar-refractivity contribution in [2.75, 3.05) is 0 Å². The normalized spacial score (nSPS) is 13.3. The second-order valence-corrected chi connectivity index (χ2v) is 4.24. The summed E-state index contributed by atoms with van der Waals surface area (Å²) >= 11 is 0. The summed E-state index contributed by atoms with van der Waals surface area (Å²) < 4.78 is 0. The highest BCUT2D eigenvalue weighted by Gasteiger charge is 2.02. The van der Waals surface area contributed by atoms with E-state index in [0.29, 0.717) is 6.04 Å². The molecule has 0 radical (unpaired) electrons. The van der Waals surface area contributed by atoms with Crippen LogP contribution in [0.2, 0.25) is 0 Å². The maximum absolute atomic E-state index is 4.00. The van der Waals surface area contributed by atoms with Gasteiger partial charge in [0.2, 0.25) is 0 Å². The van der Waals surface area contributed by atoms with E-state index in [-0.39, 0.29) is 0 Å². The van der Waals surface area contributed by atoms with Crippen molar-refractivity contribution in [2.24, 2.45) is 5.92 Å². The summed E-state index contributed by atoms with van der Waals surface area (Å²) in [5.74, 6) is 0.739. The van der Waals surface area contributed by atoms with Gasteiger partial charge in [0, 0.05) is 5.56 Å². The summed E-state index contributed by atoms with van der Waals surface area (Å²) in [6.07, 6.45) is 1.17. The molecule has 1 nitrogen and oxygen atoms in total. The standard InChI is InChI=1S/C12H19N/c1-9(2)8-11-4-6-12(7-5-11)10(3)13/h4-7,9-10H,8,13H2,1-3H3/p+1/t10-/m1/s1. The Morgan fingerprint density at radius 1 is 1.08 bits per heavy atom. The van der Waals surface area contributed by atoms with Gasteiger partial charge < -0.3 is 5.73 Å². The van der Waals surface area contributed by atoms with E-state index in [1.54, 1.807) is 0 Å². The zero-order chi connectivity index (χ0) is 9.84. The van der Waals surface area contributed by atoms with E-state index < -0.39 is 0 Å². The molecule has 0 spiro atoms. The van der Waals surface area contributed by atoms with Gasteiger partial charge in [0.1, 0.15) is 6.04 Å². The van der Waals surface area contributed by atoms with Crippen LogP contribution in [0, 0.1) is 5.92 Å². The van der Waals surface area contributed by atoms with Gasteiger partial charge in [-0.3, -0.25) is 0 Å². The fourth-order valence-corrected chi connectivity index (χ4v) is 1.45. The zero-order valence-corrected chi connectivity index (χ0v) is 8.88. The third-order valence-corrected chi connectivity index (χ3v) is 2.19. The molecule has 0 amide bonds. The molecule has 72 valence electrons. The van der Waals surface area contributed by atoms with Crippen LogP contribution in [-0.4, -0.2) is 0 Å². The van der Waals surface area contributed by atoms with Gasteiger partial charge in [-0.05, 0) is 24.8 Å². The average molecular weight is 178 g/mol. The summed E-state index contributed by atoms with van der Waals surface area (Å²) in [4.78, 5) is 0. The Bertz CT molecular complexity index is 246. The van der Waals surface area contributed by atoms with Crippen LogP contribution in [0.3, 0.4) is 0 Å². The molecule has 0 saturated carbocycles. The van der Waals surface area contributed by atoms with E-state index in [0.717, 1.165) is 5.92 Å². The molecular formula is C12H20N+. The second-order valence-electron chi connectivity index (χ2n) is 4.24. The van der Waals surface area contributed by atoms with Gasteiger partial charge in [0.25, 0.3) is 0 Å². The molecule has 0 aliphatic rings. The number of benzene rings is 1. The second kappa shape index (κ2) is 4.43. The topological polar surface area (TPSA) is 27.6 Å². The summed E-state index contributed by atoms with van der Waals surface area (Å²) in [5.41, 5.74) is 6.76. The minimum absolute atomic E-state index is 0.396. The SMILES string of the molecule is CC(C)Cc1ccc([C@@H](C)[NH3+])cc1. The average Bonchev–Trinajstić information content (AvgIpc) is 2.04. The highest BCUT2D eigenvalue weighted by atomic mass is 14.6. The van der Waals surface area contributed by atoms with Gasteiger partial charge in [-0.2, -0.15) is 0 Å². The maximum Gasteiger partial charge on any atom is 0.107 e. The Morgan fingerprint density at radius 3 is 2.00 bits per heavy atom. The van der Waals surface area contributed by atoms with Crippen LogP contribution in [0.5, 0.6) is 0 Å². The van der Waals surface area contributed by atoms with E-state index in [2.05, 4.69) is 50.8 Å². The fourth-order valence-electron chi connectivity index (χ4n) is 1.45. The molecule has 0 saturated heterocycles. The van der Waals surface area contributed by atoms with Crippen LogP contribution >= 0.6 is 0 Å². The Labute approximate surface area is 81.0 Å². The molecule has 1 atom stereocenters. The van der Waals surface area contributed by atoms with Gasteiger partial charge >= 0.3 is 0 Å². The number of hydrogen-bond acceptors (Lipinski definition) is 0. The fraction of sp³-hybridized carbons (Fsp3) is 0.500. The summed E-state index contributed by atoms with van der Waals surface area (Å²) in [5, 5.41) is 0. The van der Waals surface area contributed by atoms with Crippen LogP contribution in [0.25, 0.3) is 0 Å². The van der Waals surface area contributed by atoms with E-state index in [9.17, 15) is 0 Å². The molecule has 0 heterocycles. The first-order chi connectivity index (χ1) is 6.09. The Kier molecular flexibility index (Phi) is 3.49. The Hall–Kier alpha value is -0.820. The highest BCUT2D eigenvalue weighted by molar-refractivity contribution is 5.23. The quantitative estimate of drug-likeness (QED) is 0.735. The van der Waals surface area contributed by atoms with Crippen molar-refractivity contribution in [3.8, 4) is 0 Å². The molecule has 0 aliphatic carbocycles. The number of rotatable bonds is 3. The molecule has 0 bridgehead atoms. The molecule has 0 aromatic heterocycles. The molecule has 1 aromatic carbocycles. The monoisotopic (exact) mass is 178 g/mol. The molecule has 13 heavy (non-hydrogen) atoms. The Balaban J connectivity index is 2.70. The van der Waals surface area contributed by atoms with Crippen LogP contribution in [0.15, 0.2) is 24.3 Å². The zero-order valence-electron chi connectivity index (χ0n) is 8.88. The lowest BCUT2D eigenvalue weighted by Crippen LogP contribution is -2.51. The minimum atomic E-state index is 0.396. The molecule has 1 heteroatoms. The van der Waals surface area contributed by atoms with Crippen molar-refractivity contribution in [1.29, 1.82) is 0 Å². The Morgan fingerprint density at radius 2 is 1.62 bits per heavy atom. The molecule has 0 unspecified atom stereocenters. The van der Waals surface area contributed by atoms with Crippen molar-refractivity contribution in [3.05, 3.63) is 35.4 Å². The van der Waals surface area contributed by atoms with Crippen molar-refractivity contribution >= 4 is 0 Å². The predicted octanol–water partition coefficient (Wildman–Crippen LogP) is 2.19. The summed E-state index contributed by atoms with van der Waals surface area (Å²) in [6.45, 7) is 6.62. The number of quaternary nitrogens is 1. The van der Waals surface area contributed by atoms with E-state index in [1.807, 2.05) is 0 Å². The summed E-state index contributed by atoms with van der Waals surface area (Å²) in [7, 11) is 0. The first-order valence-corrected chi connectivity index (χ1v) is 5.01. The lowest BCUT2D eigenvalue weighted by atomic mass is 10.0. The third kappa shape index (κ3) is 3.19. The van der Waals surface area contributed by atoms with Crippen molar-refractivity contribution in [2.45, 2.75) is 33.2 Å². The first-order valence-electron chi connectivity index (χ1n) is 5.01. The van der Waals surface area contributed by atoms with Crippen molar-refractivity contribution < 1.29 is 5.73 Å². The van der Waals surface area contributed by atoms with Gasteiger partial charge in [0.15, 0.2) is 0 Å². The number of hydrogen-bond donors (Lipinski definition) is 1. The van der Waals surface area contributed by atoms with E-state index in [4.69, 9.17) is 0 Å². The van der Waals surface area contributed by atoms with Crippen LogP contribution in [-0.2, 0) is 6.42 Å². The lowest BCUT2D eigenvalue weighted by molar-refractivity contribution is -0.420. The van der Waals surface area contributed by atoms with Gasteiger partial charge in [-0.15, -0.1) is 0 Å². The van der Waals surface area contributed by atoms with Crippen LogP contribution < -0.4 is 5.73 Å². The maximum atomic E-state index is 4.00. The van der Waals surface area contributed by atoms with Crippen molar-refractivity contribution in [3.63, 3.8) is 0 Å². The van der Waals surface area contributed by atoms with E-state index in [1.165, 1.54) is 17.5 Å². The minimum Gasteiger partial charge on any atom is -0.352 e. The van der Waals surface area contributed by atoms with Crippen LogP contribution in [0.4, 0.5) is 0 Å². The predicted molar refractivity (Wildman–Crippen MR) is 56.3 cm³/mol. The smallest absolute Gasteiger partial charge is 0.107 e. The van der Waals surface area contributed by atoms with Gasteiger partial charge in [-0.25, -0.2) is 0 Å². The molecule has 1 aromatic rings. The highest BCUT2D eigenvalue weighted by Crippen LogP contribution is 2.12. The van der Waals surface area contributed by atoms with Crippen LogP contribution in [0.1, 0.15) is 37.9 Å². The van der Waals surface area contributed by atoms with Crippen molar-refractivity contribution in [1.82, 2.24) is 0 Å². The van der Waals surface area contributed by atoms with Gasteiger partial charge in [-0.1, -0.05) is 38.1 Å². The summed E-state index contributed by atoms with van der Waals surface area (Å²) in [6, 6.07) is 9.21. The molecule has 0 aliphatic heterocycles. The molecule has 3 N–H and O–H groups in total. The van der Waals surface area contributed by atoms with Gasteiger partial charge in [0.05, 0.1) is 0 Å². The molecule has 0 fully saturated rings. The third-order valence-electron chi connectivity index (χ3n) is 2.19. The van der Waals surface area contributed by atoms with E-state index >= 15 is 0 Å². The lowest BCUT2D eigenvalue weighted by Gasteiger charge is -2.06. The first kappa shape index (κ1) is 10.3. The largest absolute Gasteiger partial charge is 0.352 e. The molecule has 1 rings (SSSR count). The molecular weight excluding hydrogens is 158 g/mol.